The maximum atomic E-state index is 13.6. The molecule has 1 spiro atoms. The molecule has 3 aliphatic rings. The molecule has 216 valence electrons. The van der Waals surface area contributed by atoms with Crippen LogP contribution < -0.4 is 14.4 Å². The first-order valence-corrected chi connectivity index (χ1v) is 14.3. The fraction of sp³-hybridized carbons (Fsp3) is 0.484. The molecule has 2 aromatic heterocycles. The van der Waals surface area contributed by atoms with Crippen molar-refractivity contribution in [3.8, 4) is 17.2 Å². The molecule has 2 aliphatic heterocycles. The smallest absolute Gasteiger partial charge is 0.188 e. The van der Waals surface area contributed by atoms with E-state index in [1.807, 2.05) is 12.3 Å². The van der Waals surface area contributed by atoms with Gasteiger partial charge in [-0.05, 0) is 77.6 Å². The van der Waals surface area contributed by atoms with Gasteiger partial charge in [-0.2, -0.15) is 0 Å². The average Bonchev–Trinajstić information content (AvgIpc) is 2.92. The number of ether oxygens (including phenoxy) is 2. The summed E-state index contributed by atoms with van der Waals surface area (Å²) >= 11 is 0. The number of rotatable bonds is 10. The molecular formula is C31H37FN6O3. The minimum absolute atomic E-state index is 0.142. The van der Waals surface area contributed by atoms with Crippen molar-refractivity contribution in [2.75, 3.05) is 52.2 Å². The number of carbonyl (C=O) groups is 1. The first-order valence-electron chi connectivity index (χ1n) is 14.3. The molecule has 1 saturated carbocycles. The number of fused-ring (bicyclic) bond motifs is 1. The number of aldehydes is 1. The van der Waals surface area contributed by atoms with Crippen LogP contribution in [0.5, 0.6) is 17.2 Å². The highest BCUT2D eigenvalue weighted by Crippen LogP contribution is 2.52. The summed E-state index contributed by atoms with van der Waals surface area (Å²) in [5, 5.41) is 0. The molecule has 10 heteroatoms. The first-order chi connectivity index (χ1) is 19.8. The Labute approximate surface area is 240 Å². The molecule has 9 nitrogen and oxygen atoms in total. The van der Waals surface area contributed by atoms with Gasteiger partial charge >= 0.3 is 0 Å². The van der Waals surface area contributed by atoms with E-state index in [0.29, 0.717) is 23.9 Å². The molecular weight excluding hydrogens is 523 g/mol. The van der Waals surface area contributed by atoms with Gasteiger partial charge in [-0.25, -0.2) is 14.4 Å². The highest BCUT2D eigenvalue weighted by atomic mass is 19.1. The van der Waals surface area contributed by atoms with Crippen LogP contribution in [0.2, 0.25) is 0 Å². The molecule has 0 bridgehead atoms. The van der Waals surface area contributed by atoms with Crippen LogP contribution in [0, 0.1) is 11.2 Å². The van der Waals surface area contributed by atoms with Gasteiger partial charge in [-0.15, -0.1) is 0 Å². The topological polar surface area (TPSA) is 83.9 Å². The van der Waals surface area contributed by atoms with Gasteiger partial charge in [-0.1, -0.05) is 0 Å². The van der Waals surface area contributed by atoms with Crippen molar-refractivity contribution in [3.63, 3.8) is 0 Å². The van der Waals surface area contributed by atoms with E-state index >= 15 is 0 Å². The lowest BCUT2D eigenvalue weighted by atomic mass is 9.61. The third kappa shape index (κ3) is 5.63. The zero-order chi connectivity index (χ0) is 28.6. The molecule has 2 fully saturated rings. The van der Waals surface area contributed by atoms with Crippen LogP contribution in [-0.4, -0.2) is 84.5 Å². The lowest BCUT2D eigenvalue weighted by molar-refractivity contribution is -0.0356. The number of aromatic nitrogens is 3. The van der Waals surface area contributed by atoms with Crippen LogP contribution in [0.4, 0.5) is 10.2 Å². The van der Waals surface area contributed by atoms with Gasteiger partial charge in [0.1, 0.15) is 29.7 Å². The van der Waals surface area contributed by atoms with Gasteiger partial charge < -0.3 is 19.3 Å². The summed E-state index contributed by atoms with van der Waals surface area (Å²) in [4.78, 5) is 31.6. The minimum atomic E-state index is -0.491. The van der Waals surface area contributed by atoms with E-state index in [9.17, 15) is 9.18 Å². The monoisotopic (exact) mass is 560 g/mol. The lowest BCUT2D eigenvalue weighted by Gasteiger charge is -2.59. The maximum absolute atomic E-state index is 13.6. The van der Waals surface area contributed by atoms with Crippen LogP contribution in [0.15, 0.2) is 43.0 Å². The van der Waals surface area contributed by atoms with E-state index in [2.05, 4.69) is 45.8 Å². The van der Waals surface area contributed by atoms with Crippen molar-refractivity contribution in [2.45, 2.75) is 44.2 Å². The normalized spacial score (nSPS) is 19.9. The third-order valence-electron chi connectivity index (χ3n) is 8.63. The second-order valence-corrected chi connectivity index (χ2v) is 12.0. The number of likely N-dealkylation sites (N-methyl/N-ethyl adjacent to an activating group) is 1. The molecule has 0 radical (unpaired) electrons. The number of hydrogen-bond acceptors (Lipinski definition) is 9. The summed E-state index contributed by atoms with van der Waals surface area (Å²) in [6.07, 6.45) is 10.9. The Morgan fingerprint density at radius 2 is 1.98 bits per heavy atom. The zero-order valence-electron chi connectivity index (χ0n) is 23.9. The Kier molecular flexibility index (Phi) is 7.61. The van der Waals surface area contributed by atoms with Crippen LogP contribution >= 0.6 is 0 Å². The molecule has 1 aromatic carbocycles. The standard InChI is InChI=1S/C31H37FN6O3/c1-36(2)11-4-5-25-29-24(9-12-37(25)3)34-10-8-27(29)40-23-14-31(15-23)18-38(19-31)30-28(16-33-20-35-30)41-26-7-6-22(32)13-21(26)17-39/h6-8,10,13,16-17,20,23,25H,4-5,9,11-12,14-15,18-19H2,1-3H3. The van der Waals surface area contributed by atoms with Crippen molar-refractivity contribution in [1.29, 1.82) is 0 Å². The predicted molar refractivity (Wildman–Crippen MR) is 153 cm³/mol. The van der Waals surface area contributed by atoms with Crippen LogP contribution in [0.3, 0.4) is 0 Å². The molecule has 1 atom stereocenters. The van der Waals surface area contributed by atoms with Crippen molar-refractivity contribution >= 4 is 12.1 Å². The highest BCUT2D eigenvalue weighted by Gasteiger charge is 2.54. The highest BCUT2D eigenvalue weighted by molar-refractivity contribution is 5.79. The van der Waals surface area contributed by atoms with E-state index in [1.54, 1.807) is 6.20 Å². The largest absolute Gasteiger partial charge is 0.490 e. The number of halogens is 1. The fourth-order valence-corrected chi connectivity index (χ4v) is 6.56. The molecule has 3 aromatic rings. The molecule has 4 heterocycles. The SMILES string of the molecule is CN(C)CCCC1c2c(OC3CC4(C3)CN(c3ncncc3Oc3ccc(F)cc3C=O)C4)ccnc2CCN1C. The Hall–Kier alpha value is -3.63. The second-order valence-electron chi connectivity index (χ2n) is 12.0. The number of anilines is 1. The Morgan fingerprint density at radius 1 is 1.15 bits per heavy atom. The van der Waals surface area contributed by atoms with Gasteiger partial charge in [0.25, 0.3) is 0 Å². The second kappa shape index (κ2) is 11.3. The first kappa shape index (κ1) is 27.5. The number of carbonyl (C=O) groups excluding carboxylic acids is 1. The number of benzene rings is 1. The predicted octanol–water partition coefficient (Wildman–Crippen LogP) is 4.53. The molecule has 41 heavy (non-hydrogen) atoms. The van der Waals surface area contributed by atoms with Crippen molar-refractivity contribution in [2.24, 2.45) is 5.41 Å². The Bertz CT molecular complexity index is 1400. The van der Waals surface area contributed by atoms with E-state index < -0.39 is 5.82 Å². The number of hydrogen-bond donors (Lipinski definition) is 0. The van der Waals surface area contributed by atoms with Gasteiger partial charge in [0.05, 0.1) is 17.5 Å². The lowest BCUT2D eigenvalue weighted by Crippen LogP contribution is -2.65. The Morgan fingerprint density at radius 3 is 2.76 bits per heavy atom. The van der Waals surface area contributed by atoms with Crippen molar-refractivity contribution in [3.05, 3.63) is 65.6 Å². The fourth-order valence-electron chi connectivity index (χ4n) is 6.56. The van der Waals surface area contributed by atoms with Crippen LogP contribution in [0.25, 0.3) is 0 Å². The summed E-state index contributed by atoms with van der Waals surface area (Å²) in [5.41, 5.74) is 2.78. The zero-order valence-corrected chi connectivity index (χ0v) is 23.9. The van der Waals surface area contributed by atoms with Crippen molar-refractivity contribution < 1.29 is 18.7 Å². The van der Waals surface area contributed by atoms with Gasteiger partial charge in [0, 0.05) is 49.3 Å². The van der Waals surface area contributed by atoms with E-state index in [4.69, 9.17) is 14.5 Å². The molecule has 6 rings (SSSR count). The van der Waals surface area contributed by atoms with Gasteiger partial charge in [0.2, 0.25) is 0 Å². The molecule has 1 unspecified atom stereocenters. The van der Waals surface area contributed by atoms with Crippen LogP contribution in [0.1, 0.15) is 53.3 Å². The molecule has 1 aliphatic carbocycles. The van der Waals surface area contributed by atoms with Crippen LogP contribution in [-0.2, 0) is 6.42 Å². The number of pyridine rings is 1. The van der Waals surface area contributed by atoms with E-state index in [0.717, 1.165) is 70.1 Å². The summed E-state index contributed by atoms with van der Waals surface area (Å²) in [6, 6.07) is 6.24. The molecule has 1 saturated heterocycles. The van der Waals surface area contributed by atoms with E-state index in [-0.39, 0.29) is 22.8 Å². The van der Waals surface area contributed by atoms with Gasteiger partial charge in [0.15, 0.2) is 17.9 Å². The van der Waals surface area contributed by atoms with Crippen molar-refractivity contribution in [1.82, 2.24) is 24.8 Å². The quantitative estimate of drug-likeness (QED) is 0.332. The van der Waals surface area contributed by atoms with Gasteiger partial charge in [-0.3, -0.25) is 14.7 Å². The molecule has 0 N–H and O–H groups in total. The summed E-state index contributed by atoms with van der Waals surface area (Å²) in [7, 11) is 6.45. The molecule has 0 amide bonds. The summed E-state index contributed by atoms with van der Waals surface area (Å²) < 4.78 is 26.2. The summed E-state index contributed by atoms with van der Waals surface area (Å²) in [5.74, 6) is 1.88. The third-order valence-corrected chi connectivity index (χ3v) is 8.63. The van der Waals surface area contributed by atoms with E-state index in [1.165, 1.54) is 29.7 Å². The maximum Gasteiger partial charge on any atom is 0.188 e. The average molecular weight is 561 g/mol. The minimum Gasteiger partial charge on any atom is -0.490 e. The summed E-state index contributed by atoms with van der Waals surface area (Å²) in [6.45, 7) is 3.77. The Balaban J connectivity index is 1.09. The number of nitrogens with zero attached hydrogens (tertiary/aromatic N) is 6.